The van der Waals surface area contributed by atoms with Crippen LogP contribution in [-0.4, -0.2) is 16.7 Å². The Morgan fingerprint density at radius 1 is 1.29 bits per heavy atom. The number of fused-ring (bicyclic) bond motifs is 1. The first kappa shape index (κ1) is 17.5. The summed E-state index contributed by atoms with van der Waals surface area (Å²) in [5, 5.41) is 9.40. The molecule has 1 aromatic carbocycles. The van der Waals surface area contributed by atoms with E-state index in [9.17, 15) is 9.90 Å². The van der Waals surface area contributed by atoms with Crippen molar-refractivity contribution in [3.63, 3.8) is 0 Å². The lowest BCUT2D eigenvalue weighted by molar-refractivity contribution is 0.0696. The molecule has 24 heavy (non-hydrogen) atoms. The van der Waals surface area contributed by atoms with Gasteiger partial charge in [0.1, 0.15) is 11.4 Å². The number of halogens is 1. The Labute approximate surface area is 152 Å². The van der Waals surface area contributed by atoms with Crippen molar-refractivity contribution in [2.75, 3.05) is 0 Å². The molecular weight excluding hydrogens is 368 g/mol. The maximum absolute atomic E-state index is 11.4. The first-order valence-electron chi connectivity index (χ1n) is 8.79. The number of hydrogen-bond donors (Lipinski definition) is 1. The van der Waals surface area contributed by atoms with Gasteiger partial charge in [0, 0.05) is 5.56 Å². The molecule has 1 aromatic rings. The average molecular weight is 393 g/mol. The second-order valence-electron chi connectivity index (χ2n) is 7.57. The molecule has 0 atom stereocenters. The van der Waals surface area contributed by atoms with Gasteiger partial charge in [-0.05, 0) is 91.1 Å². The van der Waals surface area contributed by atoms with E-state index in [1.807, 2.05) is 0 Å². The molecule has 1 fully saturated rings. The molecule has 1 aliphatic carbocycles. The molecule has 0 aromatic heterocycles. The highest BCUT2D eigenvalue weighted by Gasteiger charge is 2.34. The van der Waals surface area contributed by atoms with Crippen molar-refractivity contribution < 1.29 is 14.6 Å². The minimum atomic E-state index is -0.905. The van der Waals surface area contributed by atoms with Gasteiger partial charge in [0.05, 0.1) is 10.0 Å². The lowest BCUT2D eigenvalue weighted by atomic mass is 9.74. The largest absolute Gasteiger partial charge is 0.482 e. The van der Waals surface area contributed by atoms with E-state index in [1.54, 1.807) is 12.1 Å². The van der Waals surface area contributed by atoms with Crippen molar-refractivity contribution in [1.29, 1.82) is 0 Å². The molecule has 1 aliphatic heterocycles. The Morgan fingerprint density at radius 2 is 1.96 bits per heavy atom. The van der Waals surface area contributed by atoms with Crippen molar-refractivity contribution in [2.24, 2.45) is 11.8 Å². The number of hydrogen-bond acceptors (Lipinski definition) is 2. The van der Waals surface area contributed by atoms with Gasteiger partial charge in [-0.1, -0.05) is 13.3 Å². The predicted octanol–water partition coefficient (Wildman–Crippen LogP) is 5.92. The third-order valence-electron chi connectivity index (χ3n) is 5.33. The lowest BCUT2D eigenvalue weighted by Gasteiger charge is -2.37. The highest BCUT2D eigenvalue weighted by Crippen LogP contribution is 2.48. The smallest absolute Gasteiger partial charge is 0.335 e. The SMILES string of the molecule is CCC1CCC(C2=CC(C)(C)Oc3c(Br)cc(C(=O)O)cc32)CC1. The number of rotatable bonds is 3. The Hall–Kier alpha value is -1.29. The molecule has 1 heterocycles. The number of carbonyl (C=O) groups is 1. The van der Waals surface area contributed by atoms with Gasteiger partial charge < -0.3 is 9.84 Å². The van der Waals surface area contributed by atoms with E-state index >= 15 is 0 Å². The highest BCUT2D eigenvalue weighted by atomic mass is 79.9. The van der Waals surface area contributed by atoms with Crippen molar-refractivity contribution in [3.8, 4) is 5.75 Å². The zero-order chi connectivity index (χ0) is 17.5. The molecule has 1 N–H and O–H groups in total. The Morgan fingerprint density at radius 3 is 2.54 bits per heavy atom. The number of carboxylic acids is 1. The van der Waals surface area contributed by atoms with Gasteiger partial charge in [-0.25, -0.2) is 4.79 Å². The molecule has 4 heteroatoms. The van der Waals surface area contributed by atoms with Crippen LogP contribution < -0.4 is 4.74 Å². The van der Waals surface area contributed by atoms with Gasteiger partial charge in [0.2, 0.25) is 0 Å². The second kappa shape index (κ2) is 6.55. The monoisotopic (exact) mass is 392 g/mol. The van der Waals surface area contributed by atoms with E-state index in [2.05, 4.69) is 42.8 Å². The van der Waals surface area contributed by atoms with Crippen LogP contribution in [0.5, 0.6) is 5.75 Å². The number of aromatic carboxylic acids is 1. The third kappa shape index (κ3) is 3.39. The van der Waals surface area contributed by atoms with Gasteiger partial charge >= 0.3 is 5.97 Å². The quantitative estimate of drug-likeness (QED) is 0.694. The van der Waals surface area contributed by atoms with Crippen LogP contribution in [0, 0.1) is 11.8 Å². The summed E-state index contributed by atoms with van der Waals surface area (Å²) in [7, 11) is 0. The lowest BCUT2D eigenvalue weighted by Crippen LogP contribution is -2.31. The summed E-state index contributed by atoms with van der Waals surface area (Å²) in [4.78, 5) is 11.4. The van der Waals surface area contributed by atoms with Crippen molar-refractivity contribution in [2.45, 2.75) is 58.5 Å². The second-order valence-corrected chi connectivity index (χ2v) is 8.43. The van der Waals surface area contributed by atoms with Crippen molar-refractivity contribution in [1.82, 2.24) is 0 Å². The highest BCUT2D eigenvalue weighted by molar-refractivity contribution is 9.10. The van der Waals surface area contributed by atoms with Crippen LogP contribution in [0.1, 0.15) is 68.8 Å². The van der Waals surface area contributed by atoms with E-state index in [1.165, 1.54) is 37.7 Å². The standard InChI is InChI=1S/C20H25BrO3/c1-4-12-5-7-13(8-6-12)16-11-20(2,3)24-18-15(16)9-14(19(22)23)10-17(18)21/h9-13H,4-8H2,1-3H3,(H,22,23). The molecule has 2 aliphatic rings. The first-order chi connectivity index (χ1) is 11.3. The van der Waals surface area contributed by atoms with Gasteiger partial charge in [0.25, 0.3) is 0 Å². The molecule has 0 unspecified atom stereocenters. The van der Waals surface area contributed by atoms with Gasteiger partial charge in [-0.3, -0.25) is 0 Å². The number of carboxylic acid groups (broad SMARTS) is 1. The van der Waals surface area contributed by atoms with Crippen molar-refractivity contribution in [3.05, 3.63) is 33.8 Å². The zero-order valence-electron chi connectivity index (χ0n) is 14.6. The first-order valence-corrected chi connectivity index (χ1v) is 9.59. The van der Waals surface area contributed by atoms with E-state index in [-0.39, 0.29) is 5.60 Å². The molecule has 1 saturated carbocycles. The fourth-order valence-corrected chi connectivity index (χ4v) is 4.54. The molecule has 130 valence electrons. The number of allylic oxidation sites excluding steroid dienone is 1. The molecule has 0 amide bonds. The van der Waals surface area contributed by atoms with Crippen LogP contribution in [0.2, 0.25) is 0 Å². The van der Waals surface area contributed by atoms with Gasteiger partial charge in [-0.15, -0.1) is 0 Å². The topological polar surface area (TPSA) is 46.5 Å². The molecule has 3 nitrogen and oxygen atoms in total. The fraction of sp³-hybridized carbons (Fsp3) is 0.550. The predicted molar refractivity (Wildman–Crippen MR) is 99.5 cm³/mol. The van der Waals surface area contributed by atoms with Crippen LogP contribution >= 0.6 is 15.9 Å². The van der Waals surface area contributed by atoms with Crippen molar-refractivity contribution >= 4 is 27.5 Å². The molecule has 0 bridgehead atoms. The molecule has 3 rings (SSSR count). The summed E-state index contributed by atoms with van der Waals surface area (Å²) in [6.07, 6.45) is 8.32. The molecule has 0 spiro atoms. The summed E-state index contributed by atoms with van der Waals surface area (Å²) in [6, 6.07) is 3.41. The summed E-state index contributed by atoms with van der Waals surface area (Å²) in [5.74, 6) is 1.20. The normalized spacial score (nSPS) is 25.4. The van der Waals surface area contributed by atoms with Crippen LogP contribution in [0.4, 0.5) is 0 Å². The maximum atomic E-state index is 11.4. The maximum Gasteiger partial charge on any atom is 0.335 e. The van der Waals surface area contributed by atoms with Crippen LogP contribution in [0.15, 0.2) is 22.7 Å². The van der Waals surface area contributed by atoms with E-state index < -0.39 is 5.97 Å². The minimum Gasteiger partial charge on any atom is -0.482 e. The Balaban J connectivity index is 2.02. The number of benzene rings is 1. The van der Waals surface area contributed by atoms with Gasteiger partial charge in [-0.2, -0.15) is 0 Å². The zero-order valence-corrected chi connectivity index (χ0v) is 16.1. The molecule has 0 radical (unpaired) electrons. The molecule has 0 saturated heterocycles. The van der Waals surface area contributed by atoms with E-state index in [4.69, 9.17) is 4.74 Å². The van der Waals surface area contributed by atoms with Crippen LogP contribution in [0.3, 0.4) is 0 Å². The summed E-state index contributed by atoms with van der Waals surface area (Å²) in [6.45, 7) is 6.39. The summed E-state index contributed by atoms with van der Waals surface area (Å²) in [5.41, 5.74) is 2.13. The summed E-state index contributed by atoms with van der Waals surface area (Å²) < 4.78 is 6.85. The van der Waals surface area contributed by atoms with Gasteiger partial charge in [0.15, 0.2) is 0 Å². The average Bonchev–Trinajstić information content (AvgIpc) is 2.54. The third-order valence-corrected chi connectivity index (χ3v) is 5.92. The van der Waals surface area contributed by atoms with E-state index in [0.717, 1.165) is 21.7 Å². The Kier molecular flexibility index (Phi) is 4.78. The summed E-state index contributed by atoms with van der Waals surface area (Å²) >= 11 is 3.51. The number of ether oxygens (including phenoxy) is 1. The van der Waals surface area contributed by atoms with E-state index in [0.29, 0.717) is 11.5 Å². The van der Waals surface area contributed by atoms with Crippen LogP contribution in [-0.2, 0) is 0 Å². The fourth-order valence-electron chi connectivity index (χ4n) is 4.00. The van der Waals surface area contributed by atoms with Crippen LogP contribution in [0.25, 0.3) is 5.57 Å². The Bertz CT molecular complexity index is 682. The minimum absolute atomic E-state index is 0.303. The molecular formula is C20H25BrO3.